The predicted molar refractivity (Wildman–Crippen MR) is 67.7 cm³/mol. The number of carbonyl (C=O) groups is 1. The third-order valence-electron chi connectivity index (χ3n) is 2.95. The lowest BCUT2D eigenvalue weighted by molar-refractivity contribution is 0.0752. The second-order valence-electron chi connectivity index (χ2n) is 3.91. The van der Waals surface area contributed by atoms with Crippen LogP contribution in [0.2, 0.25) is 0 Å². The van der Waals surface area contributed by atoms with Crippen LogP contribution < -0.4 is 0 Å². The minimum Gasteiger partial charge on any atom is -0.333 e. The number of likely N-dealkylation sites (tertiary alicyclic amines) is 1. The van der Waals surface area contributed by atoms with Crippen molar-refractivity contribution >= 4 is 44.9 Å². The largest absolute Gasteiger partial charge is 0.333 e. The summed E-state index contributed by atoms with van der Waals surface area (Å²) in [6.45, 7) is 0.948. The van der Waals surface area contributed by atoms with Crippen molar-refractivity contribution in [3.05, 3.63) is 20.8 Å². The van der Waals surface area contributed by atoms with Crippen molar-refractivity contribution in [2.24, 2.45) is 0 Å². The fourth-order valence-electron chi connectivity index (χ4n) is 2.22. The van der Waals surface area contributed by atoms with E-state index in [1.54, 1.807) is 0 Å². The highest BCUT2D eigenvalue weighted by Gasteiger charge is 2.41. The summed E-state index contributed by atoms with van der Waals surface area (Å²) in [7, 11) is 0. The standard InChI is InChI=1S/C10H10BrNOS2/c11-9-2-1-8(15-9)10(13)12-4-7-3-6(12)5-14-7/h1-2,6-7H,3-5H2. The molecule has 0 aliphatic carbocycles. The molecule has 5 heteroatoms. The molecule has 2 fully saturated rings. The van der Waals surface area contributed by atoms with Gasteiger partial charge in [0.15, 0.2) is 0 Å². The van der Waals surface area contributed by atoms with E-state index in [9.17, 15) is 4.79 Å². The second-order valence-corrected chi connectivity index (χ2v) is 7.70. The summed E-state index contributed by atoms with van der Waals surface area (Å²) in [5.41, 5.74) is 0. The van der Waals surface area contributed by atoms with Gasteiger partial charge < -0.3 is 4.90 Å². The van der Waals surface area contributed by atoms with Crippen molar-refractivity contribution < 1.29 is 4.79 Å². The number of rotatable bonds is 1. The number of halogens is 1. The molecule has 0 aromatic carbocycles. The summed E-state index contributed by atoms with van der Waals surface area (Å²) in [4.78, 5) is 15.1. The molecule has 2 aliphatic rings. The Balaban J connectivity index is 1.81. The Kier molecular flexibility index (Phi) is 2.57. The van der Waals surface area contributed by atoms with Crippen molar-refractivity contribution in [2.45, 2.75) is 17.7 Å². The topological polar surface area (TPSA) is 20.3 Å². The summed E-state index contributed by atoms with van der Waals surface area (Å²) in [6, 6.07) is 4.35. The number of fused-ring (bicyclic) bond motifs is 2. The van der Waals surface area contributed by atoms with E-state index in [4.69, 9.17) is 0 Å². The number of hydrogen-bond acceptors (Lipinski definition) is 3. The molecule has 0 saturated carbocycles. The lowest BCUT2D eigenvalue weighted by atomic mass is 10.2. The molecule has 2 aliphatic heterocycles. The van der Waals surface area contributed by atoms with E-state index in [2.05, 4.69) is 20.8 Å². The van der Waals surface area contributed by atoms with Crippen molar-refractivity contribution in [1.29, 1.82) is 0 Å². The average molecular weight is 304 g/mol. The molecule has 2 atom stereocenters. The molecule has 1 amide bonds. The Morgan fingerprint density at radius 1 is 1.53 bits per heavy atom. The zero-order valence-corrected chi connectivity index (χ0v) is 11.2. The van der Waals surface area contributed by atoms with Gasteiger partial charge in [0, 0.05) is 23.6 Å². The smallest absolute Gasteiger partial charge is 0.264 e. The highest BCUT2D eigenvalue weighted by Crippen LogP contribution is 2.38. The van der Waals surface area contributed by atoms with E-state index < -0.39 is 0 Å². The first-order valence-electron chi connectivity index (χ1n) is 4.92. The molecule has 1 aromatic rings. The van der Waals surface area contributed by atoms with Gasteiger partial charge in [-0.25, -0.2) is 0 Å². The Morgan fingerprint density at radius 3 is 2.93 bits per heavy atom. The summed E-state index contributed by atoms with van der Waals surface area (Å²) in [5, 5.41) is 0.697. The highest BCUT2D eigenvalue weighted by molar-refractivity contribution is 9.11. The number of amides is 1. The fraction of sp³-hybridized carbons (Fsp3) is 0.500. The number of thioether (sulfide) groups is 1. The summed E-state index contributed by atoms with van der Waals surface area (Å²) in [6.07, 6.45) is 1.20. The minimum atomic E-state index is 0.221. The van der Waals surface area contributed by atoms with E-state index in [1.165, 1.54) is 17.8 Å². The molecular formula is C10H10BrNOS2. The maximum atomic E-state index is 12.2. The molecule has 0 spiro atoms. The summed E-state index contributed by atoms with van der Waals surface area (Å²) < 4.78 is 1.03. The molecule has 2 nitrogen and oxygen atoms in total. The van der Waals surface area contributed by atoms with Gasteiger partial charge in [0.2, 0.25) is 0 Å². The van der Waals surface area contributed by atoms with Crippen LogP contribution in [0, 0.1) is 0 Å². The van der Waals surface area contributed by atoms with Crippen LogP contribution in [0.15, 0.2) is 15.9 Å². The number of nitrogens with zero attached hydrogens (tertiary/aromatic N) is 1. The van der Waals surface area contributed by atoms with E-state index in [-0.39, 0.29) is 5.91 Å². The molecule has 2 unspecified atom stereocenters. The molecular weight excluding hydrogens is 294 g/mol. The van der Waals surface area contributed by atoms with Crippen LogP contribution in [0.4, 0.5) is 0 Å². The van der Waals surface area contributed by atoms with Gasteiger partial charge in [-0.1, -0.05) is 0 Å². The fourth-order valence-corrected chi connectivity index (χ4v) is 5.00. The first-order chi connectivity index (χ1) is 7.24. The molecule has 3 rings (SSSR count). The van der Waals surface area contributed by atoms with Crippen LogP contribution in [0.5, 0.6) is 0 Å². The average Bonchev–Trinajstić information content (AvgIpc) is 2.90. The zero-order chi connectivity index (χ0) is 10.4. The molecule has 15 heavy (non-hydrogen) atoms. The SMILES string of the molecule is O=C(c1ccc(Br)s1)N1CC2CC1CS2. The normalized spacial score (nSPS) is 28.7. The molecule has 0 N–H and O–H groups in total. The lowest BCUT2D eigenvalue weighted by Gasteiger charge is -2.26. The Morgan fingerprint density at radius 2 is 2.40 bits per heavy atom. The maximum Gasteiger partial charge on any atom is 0.264 e. The minimum absolute atomic E-state index is 0.221. The van der Waals surface area contributed by atoms with Crippen LogP contribution in [-0.2, 0) is 0 Å². The molecule has 3 heterocycles. The van der Waals surface area contributed by atoms with Gasteiger partial charge in [0.05, 0.1) is 8.66 Å². The lowest BCUT2D eigenvalue weighted by Crippen LogP contribution is -2.38. The van der Waals surface area contributed by atoms with E-state index >= 15 is 0 Å². The zero-order valence-electron chi connectivity index (χ0n) is 7.98. The molecule has 2 bridgehead atoms. The maximum absolute atomic E-state index is 12.2. The monoisotopic (exact) mass is 303 g/mol. The van der Waals surface area contributed by atoms with Crippen molar-refractivity contribution in [3.8, 4) is 0 Å². The van der Waals surface area contributed by atoms with Crippen LogP contribution >= 0.6 is 39.0 Å². The number of carbonyl (C=O) groups excluding carboxylic acids is 1. The first kappa shape index (κ1) is 10.2. The van der Waals surface area contributed by atoms with Crippen LogP contribution in [0.25, 0.3) is 0 Å². The number of thiophene rings is 1. The third-order valence-corrected chi connectivity index (χ3v) is 5.95. The van der Waals surface area contributed by atoms with Crippen molar-refractivity contribution in [3.63, 3.8) is 0 Å². The van der Waals surface area contributed by atoms with Gasteiger partial charge >= 0.3 is 0 Å². The second kappa shape index (κ2) is 3.79. The van der Waals surface area contributed by atoms with Gasteiger partial charge in [-0.2, -0.15) is 11.8 Å². The van der Waals surface area contributed by atoms with Gasteiger partial charge in [-0.05, 0) is 34.5 Å². The van der Waals surface area contributed by atoms with E-state index in [1.807, 2.05) is 23.9 Å². The van der Waals surface area contributed by atoms with Crippen molar-refractivity contribution in [2.75, 3.05) is 12.3 Å². The van der Waals surface area contributed by atoms with Crippen LogP contribution in [-0.4, -0.2) is 34.4 Å². The van der Waals surface area contributed by atoms with Crippen molar-refractivity contribution in [1.82, 2.24) is 4.90 Å². The Hall–Kier alpha value is -0.000000000000000111. The van der Waals surface area contributed by atoms with E-state index in [0.29, 0.717) is 11.3 Å². The summed E-state index contributed by atoms with van der Waals surface area (Å²) >= 11 is 6.94. The quantitative estimate of drug-likeness (QED) is 0.795. The third kappa shape index (κ3) is 1.74. The van der Waals surface area contributed by atoms with Gasteiger partial charge in [0.25, 0.3) is 5.91 Å². The van der Waals surface area contributed by atoms with Gasteiger partial charge in [-0.3, -0.25) is 4.79 Å². The number of hydrogen-bond donors (Lipinski definition) is 0. The van der Waals surface area contributed by atoms with Gasteiger partial charge in [0.1, 0.15) is 0 Å². The first-order valence-corrected chi connectivity index (χ1v) is 7.58. The highest BCUT2D eigenvalue weighted by atomic mass is 79.9. The predicted octanol–water partition coefficient (Wildman–Crippen LogP) is 2.84. The molecule has 2 saturated heterocycles. The molecule has 80 valence electrons. The summed E-state index contributed by atoms with van der Waals surface area (Å²) in [5.74, 6) is 1.35. The van der Waals surface area contributed by atoms with Gasteiger partial charge in [-0.15, -0.1) is 11.3 Å². The van der Waals surface area contributed by atoms with Crippen LogP contribution in [0.3, 0.4) is 0 Å². The van der Waals surface area contributed by atoms with Crippen LogP contribution in [0.1, 0.15) is 16.1 Å². The van der Waals surface area contributed by atoms with E-state index in [0.717, 1.165) is 21.0 Å². The molecule has 0 radical (unpaired) electrons. The Bertz CT molecular complexity index is 406. The Labute approximate surface area is 105 Å². The molecule has 1 aromatic heterocycles.